The Balaban J connectivity index is 1.57. The minimum Gasteiger partial charge on any atom is -0.390 e. The van der Waals surface area contributed by atoms with Crippen molar-refractivity contribution in [2.24, 2.45) is 0 Å². The fourth-order valence-corrected chi connectivity index (χ4v) is 3.90. The van der Waals surface area contributed by atoms with Gasteiger partial charge in [-0.3, -0.25) is 4.79 Å². The molecule has 0 saturated carbocycles. The van der Waals surface area contributed by atoms with Crippen molar-refractivity contribution in [3.05, 3.63) is 70.4 Å². The highest BCUT2D eigenvalue weighted by Gasteiger charge is 2.30. The fraction of sp³-hybridized carbons (Fsp3) is 0.250. The second kappa shape index (κ2) is 7.30. The quantitative estimate of drug-likeness (QED) is 0.531. The number of nitrogens with zero attached hydrogens (tertiary/aromatic N) is 6. The zero-order chi connectivity index (χ0) is 20.7. The van der Waals surface area contributed by atoms with E-state index in [4.69, 9.17) is 5.10 Å². The lowest BCUT2D eigenvalue weighted by molar-refractivity contribution is 0.276. The van der Waals surface area contributed by atoms with E-state index < -0.39 is 5.82 Å². The van der Waals surface area contributed by atoms with Crippen molar-refractivity contribution in [2.75, 3.05) is 11.4 Å². The smallest absolute Gasteiger partial charge is 0.253 e. The van der Waals surface area contributed by atoms with Gasteiger partial charge in [-0.15, -0.1) is 5.10 Å². The Labute approximate surface area is 169 Å². The number of aliphatic hydroxyl groups excluding tert-OH is 1. The highest BCUT2D eigenvalue weighted by atomic mass is 19.1. The van der Waals surface area contributed by atoms with E-state index in [0.717, 1.165) is 19.0 Å². The number of aromatic amines is 1. The van der Waals surface area contributed by atoms with Crippen LogP contribution in [0.2, 0.25) is 0 Å². The molecular weight excluding hydrogens is 389 g/mol. The minimum absolute atomic E-state index is 0.192. The first-order valence-corrected chi connectivity index (χ1v) is 9.56. The number of hydrogen-bond donors (Lipinski definition) is 2. The van der Waals surface area contributed by atoms with Crippen molar-refractivity contribution >= 4 is 11.5 Å². The molecule has 9 nitrogen and oxygen atoms in total. The van der Waals surface area contributed by atoms with Crippen LogP contribution < -0.4 is 10.5 Å². The molecule has 0 bridgehead atoms. The molecule has 1 fully saturated rings. The van der Waals surface area contributed by atoms with Crippen LogP contribution in [0.15, 0.2) is 47.8 Å². The van der Waals surface area contributed by atoms with E-state index in [1.165, 1.54) is 12.4 Å². The first-order chi connectivity index (χ1) is 14.6. The number of aliphatic hydroxyl groups is 1. The molecule has 4 aromatic rings. The minimum atomic E-state index is -0.472. The van der Waals surface area contributed by atoms with Crippen molar-refractivity contribution in [3.63, 3.8) is 0 Å². The fourth-order valence-electron chi connectivity index (χ4n) is 3.90. The van der Waals surface area contributed by atoms with Crippen molar-refractivity contribution < 1.29 is 9.50 Å². The van der Waals surface area contributed by atoms with Crippen LogP contribution in [0, 0.1) is 5.82 Å². The first-order valence-electron chi connectivity index (χ1n) is 9.56. The summed E-state index contributed by atoms with van der Waals surface area (Å²) in [6, 6.07) is 6.40. The van der Waals surface area contributed by atoms with E-state index in [-0.39, 0.29) is 18.2 Å². The van der Waals surface area contributed by atoms with E-state index in [2.05, 4.69) is 19.9 Å². The number of halogens is 1. The summed E-state index contributed by atoms with van der Waals surface area (Å²) in [4.78, 5) is 29.4. The normalized spacial score (nSPS) is 16.5. The molecule has 4 aromatic heterocycles. The van der Waals surface area contributed by atoms with Gasteiger partial charge in [-0.05, 0) is 37.1 Å². The monoisotopic (exact) mass is 407 g/mol. The number of rotatable bonds is 4. The molecule has 30 heavy (non-hydrogen) atoms. The summed E-state index contributed by atoms with van der Waals surface area (Å²) in [5.74, 6) is 0.185. The molecule has 152 valence electrons. The molecule has 0 amide bonds. The molecule has 0 spiro atoms. The molecule has 5 heterocycles. The van der Waals surface area contributed by atoms with Gasteiger partial charge in [0, 0.05) is 18.3 Å². The SMILES string of the molecule is O=c1[nH]cc(F)cc1[C@H]1CCCN1c1ccc2ncc(-c3cc(CO)ncn3)n2n1. The van der Waals surface area contributed by atoms with E-state index in [9.17, 15) is 14.3 Å². The average molecular weight is 407 g/mol. The van der Waals surface area contributed by atoms with Crippen molar-refractivity contribution in [1.29, 1.82) is 0 Å². The average Bonchev–Trinajstić information content (AvgIpc) is 3.42. The Morgan fingerprint density at radius 3 is 3.00 bits per heavy atom. The van der Waals surface area contributed by atoms with Gasteiger partial charge in [0.2, 0.25) is 0 Å². The highest BCUT2D eigenvalue weighted by molar-refractivity contribution is 5.60. The Morgan fingerprint density at radius 2 is 2.13 bits per heavy atom. The van der Waals surface area contributed by atoms with Crippen LogP contribution in [0.5, 0.6) is 0 Å². The predicted molar refractivity (Wildman–Crippen MR) is 106 cm³/mol. The maximum atomic E-state index is 13.8. The van der Waals surface area contributed by atoms with E-state index in [1.54, 1.807) is 16.8 Å². The molecule has 1 atom stereocenters. The zero-order valence-corrected chi connectivity index (χ0v) is 15.9. The number of hydrogen-bond acceptors (Lipinski definition) is 7. The van der Waals surface area contributed by atoms with Crippen molar-refractivity contribution in [3.8, 4) is 11.4 Å². The van der Waals surface area contributed by atoms with Gasteiger partial charge < -0.3 is 15.0 Å². The van der Waals surface area contributed by atoms with Crippen LogP contribution in [0.3, 0.4) is 0 Å². The third-order valence-corrected chi connectivity index (χ3v) is 5.30. The highest BCUT2D eigenvalue weighted by Crippen LogP contribution is 2.34. The zero-order valence-electron chi connectivity index (χ0n) is 15.9. The maximum absolute atomic E-state index is 13.8. The molecule has 5 rings (SSSR count). The van der Waals surface area contributed by atoms with E-state index in [0.29, 0.717) is 40.7 Å². The number of pyridine rings is 1. The van der Waals surface area contributed by atoms with Gasteiger partial charge in [-0.2, -0.15) is 0 Å². The van der Waals surface area contributed by atoms with E-state index >= 15 is 0 Å². The molecular formula is C20H18FN7O2. The van der Waals surface area contributed by atoms with Crippen molar-refractivity contribution in [1.82, 2.24) is 29.5 Å². The Morgan fingerprint density at radius 1 is 1.23 bits per heavy atom. The molecule has 10 heteroatoms. The summed E-state index contributed by atoms with van der Waals surface area (Å²) in [6.07, 6.45) is 5.71. The molecule has 0 unspecified atom stereocenters. The van der Waals surface area contributed by atoms with Crippen LogP contribution >= 0.6 is 0 Å². The summed E-state index contributed by atoms with van der Waals surface area (Å²) in [7, 11) is 0. The number of anilines is 1. The van der Waals surface area contributed by atoms with Gasteiger partial charge in [0.25, 0.3) is 5.56 Å². The van der Waals surface area contributed by atoms with Gasteiger partial charge in [-0.25, -0.2) is 23.9 Å². The first kappa shape index (κ1) is 18.4. The van der Waals surface area contributed by atoms with Crippen LogP contribution in [0.25, 0.3) is 17.0 Å². The molecule has 1 saturated heterocycles. The Hall–Kier alpha value is -3.66. The summed E-state index contributed by atoms with van der Waals surface area (Å²) in [5, 5.41) is 14.1. The molecule has 2 N–H and O–H groups in total. The largest absolute Gasteiger partial charge is 0.390 e. The lowest BCUT2D eigenvalue weighted by atomic mass is 10.1. The molecule has 0 radical (unpaired) electrons. The topological polar surface area (TPSA) is 112 Å². The van der Waals surface area contributed by atoms with Crippen LogP contribution in [-0.2, 0) is 6.61 Å². The van der Waals surface area contributed by atoms with Gasteiger partial charge in [0.1, 0.15) is 23.7 Å². The molecule has 1 aliphatic rings. The molecule has 0 aromatic carbocycles. The van der Waals surface area contributed by atoms with Gasteiger partial charge in [0.15, 0.2) is 5.65 Å². The van der Waals surface area contributed by atoms with Gasteiger partial charge in [-0.1, -0.05) is 0 Å². The predicted octanol–water partition coefficient (Wildman–Crippen LogP) is 1.85. The second-order valence-electron chi connectivity index (χ2n) is 7.11. The Bertz CT molecular complexity index is 1290. The number of aromatic nitrogens is 6. The van der Waals surface area contributed by atoms with Crippen LogP contribution in [0.4, 0.5) is 10.2 Å². The van der Waals surface area contributed by atoms with Crippen LogP contribution in [-0.4, -0.2) is 41.2 Å². The summed E-state index contributed by atoms with van der Waals surface area (Å²) >= 11 is 0. The molecule has 1 aliphatic heterocycles. The standard InChI is InChI=1S/C20H18FN7O2/c21-12-6-14(20(30)23-8-12)16-2-1-5-27(16)19-4-3-18-22-9-17(28(18)26-19)15-7-13(10-29)24-11-25-15/h3-4,6-9,11,16,29H,1-2,5,10H2,(H,23,30)/t16-/m1/s1. The molecule has 0 aliphatic carbocycles. The summed E-state index contributed by atoms with van der Waals surface area (Å²) < 4.78 is 15.4. The number of imidazole rings is 1. The third kappa shape index (κ3) is 3.11. The number of fused-ring (bicyclic) bond motifs is 1. The third-order valence-electron chi connectivity index (χ3n) is 5.30. The number of nitrogens with one attached hydrogen (secondary N) is 1. The maximum Gasteiger partial charge on any atom is 0.253 e. The van der Waals surface area contributed by atoms with Crippen molar-refractivity contribution in [2.45, 2.75) is 25.5 Å². The van der Waals surface area contributed by atoms with Gasteiger partial charge >= 0.3 is 0 Å². The van der Waals surface area contributed by atoms with Crippen LogP contribution in [0.1, 0.15) is 30.1 Å². The lowest BCUT2D eigenvalue weighted by Gasteiger charge is -2.25. The summed E-state index contributed by atoms with van der Waals surface area (Å²) in [6.45, 7) is 0.508. The summed E-state index contributed by atoms with van der Waals surface area (Å²) in [5.41, 5.74) is 2.47. The number of H-pyrrole nitrogens is 1. The lowest BCUT2D eigenvalue weighted by Crippen LogP contribution is -2.29. The Kier molecular flexibility index (Phi) is 4.47. The second-order valence-corrected chi connectivity index (χ2v) is 7.11. The van der Waals surface area contributed by atoms with E-state index in [1.807, 2.05) is 17.0 Å². The van der Waals surface area contributed by atoms with Gasteiger partial charge in [0.05, 0.1) is 30.2 Å².